The number of carbonyl (C=O) groups excluding carboxylic acids is 1. The molecule has 0 saturated carbocycles. The Hall–Kier alpha value is -0.370. The van der Waals surface area contributed by atoms with E-state index in [1.165, 1.54) is 0 Å². The lowest BCUT2D eigenvalue weighted by molar-refractivity contribution is -0.135. The van der Waals surface area contributed by atoms with Crippen LogP contribution in [0.3, 0.4) is 0 Å². The van der Waals surface area contributed by atoms with Gasteiger partial charge in [-0.2, -0.15) is 0 Å². The van der Waals surface area contributed by atoms with Gasteiger partial charge in [-0.25, -0.2) is 0 Å². The molecule has 0 aromatic heterocycles. The number of carbonyl (C=O) groups is 1. The van der Waals surface area contributed by atoms with Gasteiger partial charge in [0.1, 0.15) is 5.78 Å². The van der Waals surface area contributed by atoms with Crippen molar-refractivity contribution in [2.75, 3.05) is 0 Å². The molecule has 1 atom stereocenters. The Labute approximate surface area is 107 Å². The third kappa shape index (κ3) is 5.67. The summed E-state index contributed by atoms with van der Waals surface area (Å²) in [5.41, 5.74) is -0.433. The first kappa shape index (κ1) is 16.6. The number of Topliss-reactive ketones (excluding diaryl/α,β-unsaturated/α-hetero) is 1. The summed E-state index contributed by atoms with van der Waals surface area (Å²) in [6, 6.07) is 0. The van der Waals surface area contributed by atoms with Crippen LogP contribution in [0.2, 0.25) is 0 Å². The lowest BCUT2D eigenvalue weighted by atomic mass is 9.75. The van der Waals surface area contributed by atoms with Crippen LogP contribution < -0.4 is 0 Å². The zero-order valence-corrected chi connectivity index (χ0v) is 12.9. The van der Waals surface area contributed by atoms with Gasteiger partial charge in [0.05, 0.1) is 11.7 Å². The van der Waals surface area contributed by atoms with Gasteiger partial charge in [0.15, 0.2) is 0 Å². The average Bonchev–Trinajstić information content (AvgIpc) is 2.13. The van der Waals surface area contributed by atoms with Gasteiger partial charge in [0.25, 0.3) is 0 Å². The molecule has 0 aliphatic carbocycles. The van der Waals surface area contributed by atoms with Crippen LogP contribution >= 0.6 is 0 Å². The predicted molar refractivity (Wildman–Crippen MR) is 73.2 cm³/mol. The smallest absolute Gasteiger partial charge is 0.141 e. The monoisotopic (exact) mass is 242 g/mol. The van der Waals surface area contributed by atoms with Crippen molar-refractivity contribution in [3.8, 4) is 0 Å². The van der Waals surface area contributed by atoms with Crippen LogP contribution in [-0.2, 0) is 9.53 Å². The molecule has 102 valence electrons. The normalized spacial score (nSPS) is 15.1. The van der Waals surface area contributed by atoms with Gasteiger partial charge < -0.3 is 4.74 Å². The van der Waals surface area contributed by atoms with Gasteiger partial charge in [-0.1, -0.05) is 34.6 Å². The topological polar surface area (TPSA) is 26.3 Å². The summed E-state index contributed by atoms with van der Waals surface area (Å²) >= 11 is 0. The molecule has 0 rings (SSSR count). The van der Waals surface area contributed by atoms with Crippen molar-refractivity contribution >= 4 is 5.78 Å². The van der Waals surface area contributed by atoms with Gasteiger partial charge >= 0.3 is 0 Å². The Kier molecular flexibility index (Phi) is 5.86. The highest BCUT2D eigenvalue weighted by Gasteiger charge is 2.33. The number of ketones is 1. The Morgan fingerprint density at radius 1 is 1.12 bits per heavy atom. The molecule has 0 heterocycles. The molecule has 0 saturated heterocycles. The molecule has 0 aromatic carbocycles. The number of ether oxygens (including phenoxy) is 1. The lowest BCUT2D eigenvalue weighted by Gasteiger charge is -2.32. The van der Waals surface area contributed by atoms with Crippen molar-refractivity contribution in [1.82, 2.24) is 0 Å². The van der Waals surface area contributed by atoms with Crippen molar-refractivity contribution in [3.63, 3.8) is 0 Å². The SMILES string of the molecule is CCC(CC(=O)C(C)(C)C(C)C)OC(C)(C)C. The highest BCUT2D eigenvalue weighted by atomic mass is 16.5. The minimum Gasteiger partial charge on any atom is -0.372 e. The van der Waals surface area contributed by atoms with Crippen LogP contribution in [0.25, 0.3) is 0 Å². The maximum absolute atomic E-state index is 12.3. The van der Waals surface area contributed by atoms with Crippen LogP contribution in [-0.4, -0.2) is 17.5 Å². The molecular weight excluding hydrogens is 212 g/mol. The third-order valence-electron chi connectivity index (χ3n) is 3.55. The molecule has 0 fully saturated rings. The maximum atomic E-state index is 12.3. The molecule has 0 radical (unpaired) electrons. The second-order valence-electron chi connectivity index (χ2n) is 6.76. The fourth-order valence-electron chi connectivity index (χ4n) is 1.56. The van der Waals surface area contributed by atoms with Gasteiger partial charge in [0, 0.05) is 11.8 Å². The van der Waals surface area contributed by atoms with Gasteiger partial charge in [-0.05, 0) is 33.1 Å². The Morgan fingerprint density at radius 2 is 1.59 bits per heavy atom. The largest absolute Gasteiger partial charge is 0.372 e. The van der Waals surface area contributed by atoms with E-state index in [-0.39, 0.29) is 17.1 Å². The van der Waals surface area contributed by atoms with Crippen molar-refractivity contribution < 1.29 is 9.53 Å². The van der Waals surface area contributed by atoms with Crippen molar-refractivity contribution in [2.45, 2.75) is 79.9 Å². The molecule has 1 unspecified atom stereocenters. The van der Waals surface area contributed by atoms with E-state index in [9.17, 15) is 4.79 Å². The highest BCUT2D eigenvalue weighted by Crippen LogP contribution is 2.30. The van der Waals surface area contributed by atoms with E-state index in [2.05, 4.69) is 20.8 Å². The first-order valence-corrected chi connectivity index (χ1v) is 6.71. The summed E-state index contributed by atoms with van der Waals surface area (Å²) < 4.78 is 5.91. The highest BCUT2D eigenvalue weighted by molar-refractivity contribution is 5.84. The number of rotatable bonds is 6. The van der Waals surface area contributed by atoms with Crippen LogP contribution in [0, 0.1) is 11.3 Å². The van der Waals surface area contributed by atoms with Crippen molar-refractivity contribution in [2.24, 2.45) is 11.3 Å². The molecule has 0 N–H and O–H groups in total. The first-order chi connectivity index (χ1) is 7.50. The van der Waals surface area contributed by atoms with E-state index in [0.717, 1.165) is 6.42 Å². The fraction of sp³-hybridized carbons (Fsp3) is 0.933. The summed E-state index contributed by atoms with van der Waals surface area (Å²) in [4.78, 5) is 12.3. The molecule has 0 amide bonds. The van der Waals surface area contributed by atoms with E-state index in [0.29, 0.717) is 18.1 Å². The number of hydrogen-bond donors (Lipinski definition) is 0. The summed E-state index contributed by atoms with van der Waals surface area (Å²) in [6.07, 6.45) is 1.45. The molecule has 2 nitrogen and oxygen atoms in total. The molecule has 2 heteroatoms. The van der Waals surface area contributed by atoms with E-state index < -0.39 is 0 Å². The van der Waals surface area contributed by atoms with Gasteiger partial charge in [-0.3, -0.25) is 4.79 Å². The average molecular weight is 242 g/mol. The summed E-state index contributed by atoms with van der Waals surface area (Å²) in [5, 5.41) is 0. The minimum absolute atomic E-state index is 0.0422. The second-order valence-corrected chi connectivity index (χ2v) is 6.76. The predicted octanol–water partition coefficient (Wildman–Crippen LogP) is 4.22. The first-order valence-electron chi connectivity index (χ1n) is 6.71. The van der Waals surface area contributed by atoms with E-state index in [1.807, 2.05) is 34.6 Å². The summed E-state index contributed by atoms with van der Waals surface area (Å²) in [7, 11) is 0. The zero-order valence-electron chi connectivity index (χ0n) is 12.9. The third-order valence-corrected chi connectivity index (χ3v) is 3.55. The molecule has 0 bridgehead atoms. The quantitative estimate of drug-likeness (QED) is 0.697. The number of hydrogen-bond acceptors (Lipinski definition) is 2. The van der Waals surface area contributed by atoms with Crippen molar-refractivity contribution in [3.05, 3.63) is 0 Å². The molecular formula is C15H30O2. The molecule has 0 aliphatic heterocycles. The Balaban J connectivity index is 4.54. The summed E-state index contributed by atoms with van der Waals surface area (Å²) in [6.45, 7) is 16.4. The van der Waals surface area contributed by atoms with Crippen LogP contribution in [0.1, 0.15) is 68.2 Å². The standard InChI is InChI=1S/C15H30O2/c1-9-12(17-14(4,5)6)10-13(16)15(7,8)11(2)3/h11-12H,9-10H2,1-8H3. The molecule has 0 aromatic rings. The van der Waals surface area contributed by atoms with Crippen LogP contribution in [0.15, 0.2) is 0 Å². The summed E-state index contributed by atoms with van der Waals surface area (Å²) in [5.74, 6) is 0.672. The van der Waals surface area contributed by atoms with E-state index in [1.54, 1.807) is 0 Å². The second kappa shape index (κ2) is 5.99. The lowest BCUT2D eigenvalue weighted by Crippen LogP contribution is -2.35. The Bertz CT molecular complexity index is 246. The van der Waals surface area contributed by atoms with E-state index in [4.69, 9.17) is 4.74 Å². The zero-order chi connectivity index (χ0) is 13.9. The molecule has 17 heavy (non-hydrogen) atoms. The van der Waals surface area contributed by atoms with Crippen LogP contribution in [0.5, 0.6) is 0 Å². The fourth-order valence-corrected chi connectivity index (χ4v) is 1.56. The molecule has 0 spiro atoms. The van der Waals surface area contributed by atoms with E-state index >= 15 is 0 Å². The maximum Gasteiger partial charge on any atom is 0.141 e. The molecule has 0 aliphatic rings. The van der Waals surface area contributed by atoms with Crippen molar-refractivity contribution in [1.29, 1.82) is 0 Å². The van der Waals surface area contributed by atoms with Gasteiger partial charge in [0.2, 0.25) is 0 Å². The minimum atomic E-state index is -0.255. The Morgan fingerprint density at radius 3 is 1.88 bits per heavy atom. The van der Waals surface area contributed by atoms with Gasteiger partial charge in [-0.15, -0.1) is 0 Å². The van der Waals surface area contributed by atoms with Crippen LogP contribution in [0.4, 0.5) is 0 Å².